The molecule has 0 atom stereocenters. The zero-order valence-corrected chi connectivity index (χ0v) is 17.8. The highest BCUT2D eigenvalue weighted by Gasteiger charge is 2.23. The minimum atomic E-state index is -0.803. The molecule has 10 heteroatoms. The molecule has 0 radical (unpaired) electrons. The van der Waals surface area contributed by atoms with E-state index in [1.54, 1.807) is 18.2 Å². The van der Waals surface area contributed by atoms with Crippen molar-refractivity contribution in [2.75, 3.05) is 43.1 Å². The van der Waals surface area contributed by atoms with Crippen molar-refractivity contribution < 1.29 is 24.0 Å². The molecule has 1 fully saturated rings. The number of nitrogens with zero attached hydrogens (tertiary/aromatic N) is 2. The van der Waals surface area contributed by atoms with Crippen molar-refractivity contribution in [1.29, 1.82) is 0 Å². The molecule has 9 nitrogen and oxygen atoms in total. The Morgan fingerprint density at radius 1 is 1.23 bits per heavy atom. The van der Waals surface area contributed by atoms with E-state index in [1.807, 2.05) is 11.8 Å². The summed E-state index contributed by atoms with van der Waals surface area (Å²) in [6, 6.07) is 9.32. The summed E-state index contributed by atoms with van der Waals surface area (Å²) in [6.45, 7) is 3.43. The molecular formula is C20H20BrN3O6. The van der Waals surface area contributed by atoms with Gasteiger partial charge in [-0.2, -0.15) is 0 Å². The van der Waals surface area contributed by atoms with E-state index >= 15 is 0 Å². The number of ether oxygens (including phenoxy) is 2. The molecule has 0 bridgehead atoms. The molecule has 158 valence electrons. The number of nitrogens with one attached hydrogen (secondary N) is 1. The summed E-state index contributed by atoms with van der Waals surface area (Å²) < 4.78 is 11.4. The van der Waals surface area contributed by atoms with Gasteiger partial charge in [0.1, 0.15) is 0 Å². The molecule has 1 N–H and O–H groups in total. The first-order chi connectivity index (χ1) is 14.3. The Balaban J connectivity index is 1.71. The standard InChI is InChI=1S/C20H20BrN3O6/c1-13-10-14(2-4-17(13)21)22-19(25)12-30-20(26)16-11-15(24(27)28)3-5-18(16)23-6-8-29-9-7-23/h2-5,10-11H,6-9,12H2,1H3,(H,22,25). The number of carbonyl (C=O) groups excluding carboxylic acids is 2. The number of benzene rings is 2. The summed E-state index contributed by atoms with van der Waals surface area (Å²) in [5, 5.41) is 13.8. The van der Waals surface area contributed by atoms with E-state index in [9.17, 15) is 19.7 Å². The van der Waals surface area contributed by atoms with Gasteiger partial charge in [-0.3, -0.25) is 14.9 Å². The van der Waals surface area contributed by atoms with Gasteiger partial charge in [-0.05, 0) is 36.8 Å². The van der Waals surface area contributed by atoms with E-state index in [-0.39, 0.29) is 11.3 Å². The van der Waals surface area contributed by atoms with Crippen LogP contribution in [0.2, 0.25) is 0 Å². The third-order valence-electron chi connectivity index (χ3n) is 4.54. The van der Waals surface area contributed by atoms with Crippen LogP contribution >= 0.6 is 15.9 Å². The first-order valence-electron chi connectivity index (χ1n) is 9.19. The number of halogens is 1. The second-order valence-corrected chi connectivity index (χ2v) is 7.50. The first kappa shape index (κ1) is 21.7. The van der Waals surface area contributed by atoms with Gasteiger partial charge < -0.3 is 19.7 Å². The molecule has 3 rings (SSSR count). The summed E-state index contributed by atoms with van der Waals surface area (Å²) in [4.78, 5) is 37.3. The molecule has 1 saturated heterocycles. The van der Waals surface area contributed by atoms with Crippen LogP contribution in [0.4, 0.5) is 17.1 Å². The Morgan fingerprint density at radius 3 is 2.63 bits per heavy atom. The first-order valence-corrected chi connectivity index (χ1v) is 9.98. The molecule has 0 aliphatic carbocycles. The molecule has 1 aliphatic rings. The van der Waals surface area contributed by atoms with E-state index in [4.69, 9.17) is 9.47 Å². The average molecular weight is 478 g/mol. The molecule has 0 saturated carbocycles. The van der Waals surface area contributed by atoms with E-state index in [1.165, 1.54) is 18.2 Å². The van der Waals surface area contributed by atoms with Crippen LogP contribution in [0.25, 0.3) is 0 Å². The van der Waals surface area contributed by atoms with E-state index in [0.29, 0.717) is 37.7 Å². The average Bonchev–Trinajstić information content (AvgIpc) is 2.74. The van der Waals surface area contributed by atoms with Crippen LogP contribution in [-0.4, -0.2) is 49.7 Å². The third-order valence-corrected chi connectivity index (χ3v) is 5.43. The van der Waals surface area contributed by atoms with Crippen molar-refractivity contribution in [3.05, 3.63) is 62.1 Å². The molecule has 1 aliphatic heterocycles. The maximum atomic E-state index is 12.6. The van der Waals surface area contributed by atoms with Crippen LogP contribution in [-0.2, 0) is 14.3 Å². The van der Waals surface area contributed by atoms with Gasteiger partial charge in [0.15, 0.2) is 6.61 Å². The van der Waals surface area contributed by atoms with Gasteiger partial charge in [-0.1, -0.05) is 15.9 Å². The zero-order chi connectivity index (χ0) is 21.7. The molecule has 2 aromatic rings. The molecular weight excluding hydrogens is 458 g/mol. The van der Waals surface area contributed by atoms with Crippen LogP contribution in [0, 0.1) is 17.0 Å². The SMILES string of the molecule is Cc1cc(NC(=O)COC(=O)c2cc([N+](=O)[O-])ccc2N2CCOCC2)ccc1Br. The molecule has 2 aromatic carbocycles. The Kier molecular flexibility index (Phi) is 7.01. The normalized spacial score (nSPS) is 13.6. The summed E-state index contributed by atoms with van der Waals surface area (Å²) in [5.74, 6) is -1.31. The number of anilines is 2. The monoisotopic (exact) mass is 477 g/mol. The van der Waals surface area contributed by atoms with E-state index in [0.717, 1.165) is 10.0 Å². The van der Waals surface area contributed by atoms with Gasteiger partial charge in [-0.25, -0.2) is 4.79 Å². The maximum Gasteiger partial charge on any atom is 0.341 e. The van der Waals surface area contributed by atoms with Crippen LogP contribution < -0.4 is 10.2 Å². The largest absolute Gasteiger partial charge is 0.452 e. The molecule has 1 heterocycles. The summed E-state index contributed by atoms with van der Waals surface area (Å²) in [6.07, 6.45) is 0. The summed E-state index contributed by atoms with van der Waals surface area (Å²) in [5.41, 5.74) is 1.84. The van der Waals surface area contributed by atoms with Crippen molar-refractivity contribution in [3.63, 3.8) is 0 Å². The number of carbonyl (C=O) groups is 2. The van der Waals surface area contributed by atoms with Gasteiger partial charge in [0.2, 0.25) is 0 Å². The number of hydrogen-bond donors (Lipinski definition) is 1. The minimum absolute atomic E-state index is 0.0402. The molecule has 0 aromatic heterocycles. The van der Waals surface area contributed by atoms with Gasteiger partial charge >= 0.3 is 5.97 Å². The summed E-state index contributed by atoms with van der Waals surface area (Å²) in [7, 11) is 0. The lowest BCUT2D eigenvalue weighted by Crippen LogP contribution is -2.37. The van der Waals surface area contributed by atoms with Crippen LogP contribution in [0.1, 0.15) is 15.9 Å². The van der Waals surface area contributed by atoms with Crippen molar-refractivity contribution in [2.24, 2.45) is 0 Å². The quantitative estimate of drug-likeness (QED) is 0.385. The second-order valence-electron chi connectivity index (χ2n) is 6.65. The number of nitro benzene ring substituents is 1. The Morgan fingerprint density at radius 2 is 1.97 bits per heavy atom. The third kappa shape index (κ3) is 5.33. The lowest BCUT2D eigenvalue weighted by molar-refractivity contribution is -0.384. The van der Waals surface area contributed by atoms with Gasteiger partial charge in [0, 0.05) is 35.4 Å². The smallest absolute Gasteiger partial charge is 0.341 e. The van der Waals surface area contributed by atoms with Crippen molar-refractivity contribution >= 4 is 44.9 Å². The molecule has 0 unspecified atom stereocenters. The predicted molar refractivity (Wildman–Crippen MR) is 114 cm³/mol. The lowest BCUT2D eigenvalue weighted by Gasteiger charge is -2.30. The van der Waals surface area contributed by atoms with Crippen LogP contribution in [0.5, 0.6) is 0 Å². The predicted octanol–water partition coefficient (Wildman–Crippen LogP) is 3.30. The number of non-ortho nitro benzene ring substituents is 1. The van der Waals surface area contributed by atoms with Gasteiger partial charge in [0.05, 0.1) is 29.4 Å². The number of morpholine rings is 1. The lowest BCUT2D eigenvalue weighted by atomic mass is 10.1. The fraction of sp³-hybridized carbons (Fsp3) is 0.300. The Labute approximate surface area is 181 Å². The number of nitro groups is 1. The number of rotatable bonds is 6. The summed E-state index contributed by atoms with van der Waals surface area (Å²) >= 11 is 3.38. The van der Waals surface area contributed by atoms with Crippen molar-refractivity contribution in [2.45, 2.75) is 6.92 Å². The van der Waals surface area contributed by atoms with Crippen LogP contribution in [0.3, 0.4) is 0 Å². The fourth-order valence-corrected chi connectivity index (χ4v) is 3.26. The fourth-order valence-electron chi connectivity index (χ4n) is 3.01. The van der Waals surface area contributed by atoms with Crippen molar-refractivity contribution in [3.8, 4) is 0 Å². The van der Waals surface area contributed by atoms with Crippen LogP contribution in [0.15, 0.2) is 40.9 Å². The van der Waals surface area contributed by atoms with Gasteiger partial charge in [-0.15, -0.1) is 0 Å². The number of amides is 1. The molecule has 30 heavy (non-hydrogen) atoms. The Hall–Kier alpha value is -2.98. The van der Waals surface area contributed by atoms with Gasteiger partial charge in [0.25, 0.3) is 11.6 Å². The molecule has 0 spiro atoms. The number of aryl methyl sites for hydroxylation is 1. The van der Waals surface area contributed by atoms with Crippen molar-refractivity contribution in [1.82, 2.24) is 0 Å². The second kappa shape index (κ2) is 9.68. The highest BCUT2D eigenvalue weighted by Crippen LogP contribution is 2.27. The maximum absolute atomic E-state index is 12.6. The minimum Gasteiger partial charge on any atom is -0.452 e. The zero-order valence-electron chi connectivity index (χ0n) is 16.2. The topological polar surface area (TPSA) is 111 Å². The highest BCUT2D eigenvalue weighted by molar-refractivity contribution is 9.10. The molecule has 1 amide bonds. The Bertz CT molecular complexity index is 975. The highest BCUT2D eigenvalue weighted by atomic mass is 79.9. The van der Waals surface area contributed by atoms with E-state index in [2.05, 4.69) is 21.2 Å². The van der Waals surface area contributed by atoms with E-state index < -0.39 is 23.4 Å². The number of esters is 1. The number of hydrogen-bond acceptors (Lipinski definition) is 7.